The second kappa shape index (κ2) is 4.65. The molecule has 0 fully saturated rings. The van der Waals surface area contributed by atoms with Crippen LogP contribution in [0.2, 0.25) is 0 Å². The minimum atomic E-state index is -0.484. The lowest BCUT2D eigenvalue weighted by Crippen LogP contribution is -2.05. The molecule has 0 saturated carbocycles. The minimum absolute atomic E-state index is 0.340. The molecular formula is C11H13O3. The zero-order valence-corrected chi connectivity index (χ0v) is 8.32. The molecule has 0 N–H and O–H groups in total. The van der Waals surface area contributed by atoms with E-state index in [1.165, 1.54) is 6.92 Å². The van der Waals surface area contributed by atoms with Gasteiger partial charge in [-0.25, -0.2) is 0 Å². The summed E-state index contributed by atoms with van der Waals surface area (Å²) in [5.41, 5.74) is 0.819. The standard InChI is InChI=1S/C11H13O3/c1-8(14-9(2)12)10-5-4-6-11(7-10)13-3/h4-8H,1H2,2-3H3. The highest BCUT2D eigenvalue weighted by Gasteiger charge is 2.08. The third kappa shape index (κ3) is 2.76. The fraction of sp³-hybridized carbons (Fsp3) is 0.273. The van der Waals surface area contributed by atoms with Gasteiger partial charge >= 0.3 is 5.97 Å². The Kier molecular flexibility index (Phi) is 3.51. The number of carbonyl (C=O) groups is 1. The van der Waals surface area contributed by atoms with Gasteiger partial charge in [0.2, 0.25) is 0 Å². The lowest BCUT2D eigenvalue weighted by Gasteiger charge is -2.12. The van der Waals surface area contributed by atoms with Crippen molar-refractivity contribution in [3.63, 3.8) is 0 Å². The first-order valence-corrected chi connectivity index (χ1v) is 4.27. The molecule has 0 bridgehead atoms. The highest BCUT2D eigenvalue weighted by molar-refractivity contribution is 5.66. The summed E-state index contributed by atoms with van der Waals surface area (Å²) in [6, 6.07) is 7.28. The smallest absolute Gasteiger partial charge is 0.303 e. The fourth-order valence-electron chi connectivity index (χ4n) is 1.11. The molecule has 0 amide bonds. The summed E-state index contributed by atoms with van der Waals surface area (Å²) in [5.74, 6) is 0.385. The maximum Gasteiger partial charge on any atom is 0.303 e. The minimum Gasteiger partial charge on any atom is -0.497 e. The maximum atomic E-state index is 10.7. The molecule has 0 aromatic heterocycles. The van der Waals surface area contributed by atoms with Crippen LogP contribution in [-0.2, 0) is 9.53 Å². The van der Waals surface area contributed by atoms with Crippen LogP contribution >= 0.6 is 0 Å². The number of methoxy groups -OCH3 is 1. The molecule has 1 rings (SSSR count). The van der Waals surface area contributed by atoms with Gasteiger partial charge in [-0.1, -0.05) is 12.1 Å². The van der Waals surface area contributed by atoms with E-state index in [2.05, 4.69) is 6.92 Å². The molecule has 0 saturated heterocycles. The van der Waals surface area contributed by atoms with E-state index < -0.39 is 6.10 Å². The number of carbonyl (C=O) groups excluding carboxylic acids is 1. The third-order valence-corrected chi connectivity index (χ3v) is 1.77. The highest BCUT2D eigenvalue weighted by atomic mass is 16.5. The van der Waals surface area contributed by atoms with Crippen LogP contribution in [0.1, 0.15) is 18.6 Å². The first-order chi connectivity index (χ1) is 6.63. The van der Waals surface area contributed by atoms with Crippen LogP contribution in [0.3, 0.4) is 0 Å². The summed E-state index contributed by atoms with van der Waals surface area (Å²) in [5, 5.41) is 0. The van der Waals surface area contributed by atoms with Crippen molar-refractivity contribution in [3.05, 3.63) is 36.8 Å². The van der Waals surface area contributed by atoms with Crippen molar-refractivity contribution in [2.45, 2.75) is 13.0 Å². The Morgan fingerprint density at radius 1 is 1.50 bits per heavy atom. The number of hydrogen-bond acceptors (Lipinski definition) is 3. The predicted molar refractivity (Wildman–Crippen MR) is 52.9 cm³/mol. The lowest BCUT2D eigenvalue weighted by molar-refractivity contribution is -0.144. The Labute approximate surface area is 83.6 Å². The van der Waals surface area contributed by atoms with Crippen LogP contribution in [0.4, 0.5) is 0 Å². The van der Waals surface area contributed by atoms with Gasteiger partial charge in [-0.15, -0.1) is 0 Å². The van der Waals surface area contributed by atoms with Crippen LogP contribution in [0, 0.1) is 6.92 Å². The summed E-state index contributed by atoms with van der Waals surface area (Å²) in [6.45, 7) is 5.08. The second-order valence-electron chi connectivity index (χ2n) is 2.87. The van der Waals surface area contributed by atoms with E-state index in [1.807, 2.05) is 18.2 Å². The van der Waals surface area contributed by atoms with Crippen LogP contribution in [0.5, 0.6) is 5.75 Å². The summed E-state index contributed by atoms with van der Waals surface area (Å²) in [6.07, 6.45) is -0.484. The molecule has 1 unspecified atom stereocenters. The van der Waals surface area contributed by atoms with Gasteiger partial charge in [0.15, 0.2) is 0 Å². The molecule has 1 aromatic rings. The van der Waals surface area contributed by atoms with Crippen LogP contribution in [0.25, 0.3) is 0 Å². The average molecular weight is 193 g/mol. The third-order valence-electron chi connectivity index (χ3n) is 1.77. The number of ether oxygens (including phenoxy) is 2. The zero-order valence-electron chi connectivity index (χ0n) is 8.32. The summed E-state index contributed by atoms with van der Waals surface area (Å²) in [4.78, 5) is 10.7. The van der Waals surface area contributed by atoms with E-state index in [9.17, 15) is 4.79 Å². The SMILES string of the molecule is [CH2]C(OC(C)=O)c1cccc(OC)c1. The first-order valence-electron chi connectivity index (χ1n) is 4.27. The van der Waals surface area contributed by atoms with Gasteiger partial charge in [0.1, 0.15) is 11.9 Å². The Morgan fingerprint density at radius 3 is 2.79 bits per heavy atom. The molecule has 0 spiro atoms. The summed E-state index contributed by atoms with van der Waals surface area (Å²) < 4.78 is 9.97. The molecule has 1 radical (unpaired) electrons. The van der Waals surface area contributed by atoms with Crippen molar-refractivity contribution >= 4 is 5.97 Å². The predicted octanol–water partition coefficient (Wildman–Crippen LogP) is 2.13. The van der Waals surface area contributed by atoms with Gasteiger partial charge in [0.05, 0.1) is 7.11 Å². The molecule has 14 heavy (non-hydrogen) atoms. The van der Waals surface area contributed by atoms with E-state index in [0.717, 1.165) is 11.3 Å². The van der Waals surface area contributed by atoms with Crippen LogP contribution in [-0.4, -0.2) is 13.1 Å². The summed E-state index contributed by atoms with van der Waals surface area (Å²) >= 11 is 0. The zero-order chi connectivity index (χ0) is 10.6. The molecule has 0 aliphatic rings. The van der Waals surface area contributed by atoms with E-state index in [4.69, 9.17) is 9.47 Å². The molecule has 0 aliphatic heterocycles. The monoisotopic (exact) mass is 193 g/mol. The Morgan fingerprint density at radius 2 is 2.21 bits per heavy atom. The van der Waals surface area contributed by atoms with E-state index >= 15 is 0 Å². The molecular weight excluding hydrogens is 180 g/mol. The Bertz CT molecular complexity index is 320. The van der Waals surface area contributed by atoms with E-state index in [-0.39, 0.29) is 5.97 Å². The molecule has 1 aromatic carbocycles. The second-order valence-corrected chi connectivity index (χ2v) is 2.87. The Hall–Kier alpha value is -1.51. The Balaban J connectivity index is 2.78. The van der Waals surface area contributed by atoms with Crippen molar-refractivity contribution < 1.29 is 14.3 Å². The first kappa shape index (κ1) is 10.6. The number of hydrogen-bond donors (Lipinski definition) is 0. The number of esters is 1. The maximum absolute atomic E-state index is 10.7. The number of rotatable bonds is 3. The molecule has 75 valence electrons. The van der Waals surface area contributed by atoms with E-state index in [1.54, 1.807) is 13.2 Å². The van der Waals surface area contributed by atoms with Gasteiger partial charge in [0.25, 0.3) is 0 Å². The van der Waals surface area contributed by atoms with Gasteiger partial charge in [-0.3, -0.25) is 4.79 Å². The van der Waals surface area contributed by atoms with E-state index in [0.29, 0.717) is 0 Å². The molecule has 3 nitrogen and oxygen atoms in total. The molecule has 3 heteroatoms. The normalized spacial score (nSPS) is 11.9. The van der Waals surface area contributed by atoms with Gasteiger partial charge in [0, 0.05) is 6.92 Å². The van der Waals surface area contributed by atoms with Crippen LogP contribution in [0.15, 0.2) is 24.3 Å². The lowest BCUT2D eigenvalue weighted by atomic mass is 10.1. The topological polar surface area (TPSA) is 35.5 Å². The van der Waals surface area contributed by atoms with Crippen molar-refractivity contribution in [1.82, 2.24) is 0 Å². The van der Waals surface area contributed by atoms with Crippen molar-refractivity contribution in [3.8, 4) is 5.75 Å². The van der Waals surface area contributed by atoms with Gasteiger partial charge in [-0.2, -0.15) is 0 Å². The van der Waals surface area contributed by atoms with Gasteiger partial charge in [-0.05, 0) is 24.6 Å². The molecule has 0 aliphatic carbocycles. The quantitative estimate of drug-likeness (QED) is 0.690. The summed E-state index contributed by atoms with van der Waals surface area (Å²) in [7, 11) is 1.59. The van der Waals surface area contributed by atoms with Crippen molar-refractivity contribution in [1.29, 1.82) is 0 Å². The van der Waals surface area contributed by atoms with Crippen LogP contribution < -0.4 is 4.74 Å². The molecule has 1 atom stereocenters. The highest BCUT2D eigenvalue weighted by Crippen LogP contribution is 2.21. The van der Waals surface area contributed by atoms with Crippen molar-refractivity contribution in [2.75, 3.05) is 7.11 Å². The number of benzene rings is 1. The van der Waals surface area contributed by atoms with Gasteiger partial charge < -0.3 is 9.47 Å². The molecule has 0 heterocycles. The average Bonchev–Trinajstić information content (AvgIpc) is 2.17. The van der Waals surface area contributed by atoms with Crippen molar-refractivity contribution in [2.24, 2.45) is 0 Å². The fourth-order valence-corrected chi connectivity index (χ4v) is 1.11. The largest absolute Gasteiger partial charge is 0.497 e.